The molecule has 0 bridgehead atoms. The number of nitrogens with zero attached hydrogens (tertiary/aromatic N) is 1. The van der Waals surface area contributed by atoms with Crippen molar-refractivity contribution >= 4 is 5.97 Å². The number of carboxylic acids is 1. The van der Waals surface area contributed by atoms with E-state index in [-0.39, 0.29) is 0 Å². The molecule has 0 amide bonds. The van der Waals surface area contributed by atoms with Gasteiger partial charge in [0.1, 0.15) is 0 Å². The molecule has 0 spiro atoms. The number of rotatable bonds is 3. The lowest BCUT2D eigenvalue weighted by Gasteiger charge is -2.34. The van der Waals surface area contributed by atoms with Crippen LogP contribution >= 0.6 is 0 Å². The summed E-state index contributed by atoms with van der Waals surface area (Å²) in [7, 11) is 0. The van der Waals surface area contributed by atoms with Gasteiger partial charge in [-0.05, 0) is 13.0 Å². The Morgan fingerprint density at radius 2 is 2.06 bits per heavy atom. The second-order valence-corrected chi connectivity index (χ2v) is 3.80. The minimum absolute atomic E-state index is 0.308. The summed E-state index contributed by atoms with van der Waals surface area (Å²) in [5, 5.41) is 19.2. The third kappa shape index (κ3) is 6.77. The van der Waals surface area contributed by atoms with Crippen LogP contribution < -0.4 is 5.32 Å². The average molecular weight is 272 g/mol. The molecule has 1 fully saturated rings. The topological polar surface area (TPSA) is 72.8 Å². The lowest BCUT2D eigenvalue weighted by atomic mass is 10.1. The van der Waals surface area contributed by atoms with Gasteiger partial charge in [0.05, 0.1) is 0 Å². The summed E-state index contributed by atoms with van der Waals surface area (Å²) in [6.07, 6.45) is -4.18. The zero-order valence-electron chi connectivity index (χ0n) is 10.2. The first-order valence-electron chi connectivity index (χ1n) is 5.68. The molecular weight excluding hydrogens is 253 g/mol. The number of piperazine rings is 1. The molecule has 18 heavy (non-hydrogen) atoms. The van der Waals surface area contributed by atoms with E-state index in [4.69, 9.17) is 15.0 Å². The first-order valence-corrected chi connectivity index (χ1v) is 5.68. The molecule has 1 aliphatic rings. The fourth-order valence-electron chi connectivity index (χ4n) is 1.65. The third-order valence-corrected chi connectivity index (χ3v) is 2.58. The van der Waals surface area contributed by atoms with E-state index in [1.807, 2.05) is 0 Å². The van der Waals surface area contributed by atoms with Crippen LogP contribution in [0.15, 0.2) is 0 Å². The molecule has 0 radical (unpaired) electrons. The predicted molar refractivity (Wildman–Crippen MR) is 59.3 cm³/mol. The Hall–Kier alpha value is -0.860. The zero-order valence-corrected chi connectivity index (χ0v) is 10.2. The molecule has 108 valence electrons. The monoisotopic (exact) mass is 272 g/mol. The zero-order chi connectivity index (χ0) is 14.2. The van der Waals surface area contributed by atoms with E-state index >= 15 is 0 Å². The van der Waals surface area contributed by atoms with Crippen LogP contribution in [0.3, 0.4) is 0 Å². The van der Waals surface area contributed by atoms with Gasteiger partial charge in [-0.3, -0.25) is 4.90 Å². The summed E-state index contributed by atoms with van der Waals surface area (Å²) in [4.78, 5) is 11.3. The smallest absolute Gasteiger partial charge is 0.475 e. The number of nitrogens with one attached hydrogen (secondary N) is 1. The van der Waals surface area contributed by atoms with Crippen molar-refractivity contribution in [3.63, 3.8) is 0 Å². The van der Waals surface area contributed by atoms with E-state index in [1.165, 1.54) is 0 Å². The van der Waals surface area contributed by atoms with Crippen molar-refractivity contribution in [3.05, 3.63) is 0 Å². The van der Waals surface area contributed by atoms with Gasteiger partial charge in [0.25, 0.3) is 0 Å². The van der Waals surface area contributed by atoms with E-state index in [9.17, 15) is 13.2 Å². The number of halogens is 3. The highest BCUT2D eigenvalue weighted by Crippen LogP contribution is 2.13. The summed E-state index contributed by atoms with van der Waals surface area (Å²) in [6.45, 7) is 6.84. The SMILES string of the molecule is CCN1CCNC[C@H]1CCO.O=C(O)C(F)(F)F. The Balaban J connectivity index is 0.000000360. The molecular formula is C10H19F3N2O3. The number of carboxylic acid groups (broad SMARTS) is 1. The van der Waals surface area contributed by atoms with Gasteiger partial charge in [-0.2, -0.15) is 13.2 Å². The van der Waals surface area contributed by atoms with Crippen molar-refractivity contribution in [1.82, 2.24) is 10.2 Å². The highest BCUT2D eigenvalue weighted by Gasteiger charge is 2.38. The summed E-state index contributed by atoms with van der Waals surface area (Å²) >= 11 is 0. The third-order valence-electron chi connectivity index (χ3n) is 2.58. The van der Waals surface area contributed by atoms with Gasteiger partial charge in [-0.25, -0.2) is 4.79 Å². The fourth-order valence-corrected chi connectivity index (χ4v) is 1.65. The van der Waals surface area contributed by atoms with Crippen molar-refractivity contribution in [2.24, 2.45) is 0 Å². The number of hydrogen-bond acceptors (Lipinski definition) is 4. The van der Waals surface area contributed by atoms with E-state index in [2.05, 4.69) is 17.1 Å². The van der Waals surface area contributed by atoms with Gasteiger partial charge in [-0.1, -0.05) is 6.92 Å². The van der Waals surface area contributed by atoms with Gasteiger partial charge in [0.15, 0.2) is 0 Å². The first kappa shape index (κ1) is 17.1. The van der Waals surface area contributed by atoms with Gasteiger partial charge in [-0.15, -0.1) is 0 Å². The standard InChI is InChI=1S/C8H18N2O.C2HF3O2/c1-2-10-5-4-9-7-8(10)3-6-11;3-2(4,5)1(6)7/h8-9,11H,2-7H2,1H3;(H,6,7)/t8-;/m1./s1. The van der Waals surface area contributed by atoms with Gasteiger partial charge in [0, 0.05) is 32.3 Å². The average Bonchev–Trinajstić information content (AvgIpc) is 2.30. The maximum atomic E-state index is 10.6. The molecule has 0 unspecified atom stereocenters. The minimum atomic E-state index is -5.08. The van der Waals surface area contributed by atoms with Crippen LogP contribution in [0, 0.1) is 0 Å². The Labute approximate surface area is 104 Å². The Morgan fingerprint density at radius 3 is 2.44 bits per heavy atom. The highest BCUT2D eigenvalue weighted by molar-refractivity contribution is 5.73. The molecule has 0 aliphatic carbocycles. The van der Waals surface area contributed by atoms with Crippen molar-refractivity contribution in [2.45, 2.75) is 25.6 Å². The largest absolute Gasteiger partial charge is 0.490 e. The normalized spacial score (nSPS) is 21.1. The van der Waals surface area contributed by atoms with Crippen molar-refractivity contribution in [1.29, 1.82) is 0 Å². The maximum absolute atomic E-state index is 10.6. The van der Waals surface area contributed by atoms with Crippen molar-refractivity contribution in [2.75, 3.05) is 32.8 Å². The summed E-state index contributed by atoms with van der Waals surface area (Å²) in [6, 6.07) is 0.554. The van der Waals surface area contributed by atoms with E-state index in [1.54, 1.807) is 0 Å². The molecule has 5 nitrogen and oxygen atoms in total. The van der Waals surface area contributed by atoms with Gasteiger partial charge < -0.3 is 15.5 Å². The molecule has 8 heteroatoms. The number of likely N-dealkylation sites (N-methyl/N-ethyl adjacent to an activating group) is 1. The van der Waals surface area contributed by atoms with Crippen molar-refractivity contribution < 1.29 is 28.2 Å². The summed E-state index contributed by atoms with van der Waals surface area (Å²) < 4.78 is 31.7. The van der Waals surface area contributed by atoms with Crippen LogP contribution in [0.5, 0.6) is 0 Å². The second-order valence-electron chi connectivity index (χ2n) is 3.80. The van der Waals surface area contributed by atoms with Crippen LogP contribution in [0.25, 0.3) is 0 Å². The number of carbonyl (C=O) groups is 1. The van der Waals surface area contributed by atoms with Crippen LogP contribution in [0.2, 0.25) is 0 Å². The molecule has 0 saturated carbocycles. The number of aliphatic hydroxyl groups excluding tert-OH is 1. The molecule has 1 aliphatic heterocycles. The highest BCUT2D eigenvalue weighted by atomic mass is 19.4. The number of alkyl halides is 3. The molecule has 1 heterocycles. The summed E-state index contributed by atoms with van der Waals surface area (Å²) in [5.74, 6) is -2.76. The molecule has 0 aromatic heterocycles. The molecule has 1 rings (SSSR count). The number of hydrogen-bond donors (Lipinski definition) is 3. The lowest BCUT2D eigenvalue weighted by molar-refractivity contribution is -0.192. The molecule has 3 N–H and O–H groups in total. The van der Waals surface area contributed by atoms with Gasteiger partial charge >= 0.3 is 12.1 Å². The van der Waals surface area contributed by atoms with E-state index in [0.29, 0.717) is 12.6 Å². The predicted octanol–water partition coefficient (Wildman–Crippen LogP) is 0.296. The summed E-state index contributed by atoms with van der Waals surface area (Å²) in [5.41, 5.74) is 0. The molecule has 0 aromatic carbocycles. The van der Waals surface area contributed by atoms with Crippen LogP contribution in [-0.2, 0) is 4.79 Å². The van der Waals surface area contributed by atoms with E-state index < -0.39 is 12.1 Å². The Bertz CT molecular complexity index is 247. The van der Waals surface area contributed by atoms with Crippen molar-refractivity contribution in [3.8, 4) is 0 Å². The fraction of sp³-hybridized carbons (Fsp3) is 0.900. The lowest BCUT2D eigenvalue weighted by Crippen LogP contribution is -2.51. The van der Waals surface area contributed by atoms with E-state index in [0.717, 1.165) is 32.6 Å². The second kappa shape index (κ2) is 8.28. The molecule has 0 aromatic rings. The maximum Gasteiger partial charge on any atom is 0.490 e. The van der Waals surface area contributed by atoms with Gasteiger partial charge in [0.2, 0.25) is 0 Å². The molecule has 1 saturated heterocycles. The molecule has 1 atom stereocenters. The Kier molecular flexibility index (Phi) is 7.88. The Morgan fingerprint density at radius 1 is 1.50 bits per heavy atom. The first-order chi connectivity index (χ1) is 8.32. The number of aliphatic hydroxyl groups is 1. The van der Waals surface area contributed by atoms with Crippen LogP contribution in [-0.4, -0.2) is 66.1 Å². The quantitative estimate of drug-likeness (QED) is 0.689. The number of aliphatic carboxylic acids is 1. The van der Waals surface area contributed by atoms with Crippen LogP contribution in [0.4, 0.5) is 13.2 Å². The van der Waals surface area contributed by atoms with Crippen LogP contribution in [0.1, 0.15) is 13.3 Å². The minimum Gasteiger partial charge on any atom is -0.475 e.